The molecule has 19 heavy (non-hydrogen) atoms. The van der Waals surface area contributed by atoms with E-state index >= 15 is 0 Å². The van der Waals surface area contributed by atoms with E-state index in [1.165, 1.54) is 16.9 Å². The van der Waals surface area contributed by atoms with Crippen LogP contribution in [0.2, 0.25) is 0 Å². The first-order valence-electron chi connectivity index (χ1n) is 6.34. The molecule has 0 saturated carbocycles. The van der Waals surface area contributed by atoms with Crippen molar-refractivity contribution < 1.29 is 4.79 Å². The Morgan fingerprint density at radius 2 is 2.37 bits per heavy atom. The molecule has 2 aromatic rings. The zero-order valence-electron chi connectivity index (χ0n) is 10.7. The van der Waals surface area contributed by atoms with Gasteiger partial charge in [-0.05, 0) is 49.9 Å². The molecule has 1 aliphatic carbocycles. The van der Waals surface area contributed by atoms with Crippen LogP contribution in [0.4, 0.5) is 0 Å². The van der Waals surface area contributed by atoms with Gasteiger partial charge in [-0.1, -0.05) is 0 Å². The summed E-state index contributed by atoms with van der Waals surface area (Å²) in [5.74, 6) is -0.120. The van der Waals surface area contributed by atoms with E-state index in [2.05, 4.69) is 15.5 Å². The number of aromatic amines is 1. The van der Waals surface area contributed by atoms with Gasteiger partial charge in [0.05, 0.1) is 16.3 Å². The highest BCUT2D eigenvalue weighted by atomic mass is 32.1. The van der Waals surface area contributed by atoms with E-state index in [0.717, 1.165) is 29.1 Å². The van der Waals surface area contributed by atoms with Crippen LogP contribution in [0, 0.1) is 0 Å². The van der Waals surface area contributed by atoms with Gasteiger partial charge in [0, 0.05) is 11.1 Å². The normalized spacial score (nSPS) is 14.5. The van der Waals surface area contributed by atoms with Crippen molar-refractivity contribution in [1.82, 2.24) is 10.4 Å². The summed E-state index contributed by atoms with van der Waals surface area (Å²) in [6, 6.07) is 5.83. The smallest absolute Gasteiger partial charge is 0.281 e. The van der Waals surface area contributed by atoms with E-state index < -0.39 is 0 Å². The van der Waals surface area contributed by atoms with E-state index in [4.69, 9.17) is 0 Å². The van der Waals surface area contributed by atoms with Crippen molar-refractivity contribution in [3.8, 4) is 0 Å². The van der Waals surface area contributed by atoms with Crippen molar-refractivity contribution in [3.63, 3.8) is 0 Å². The third-order valence-corrected chi connectivity index (χ3v) is 4.52. The minimum Gasteiger partial charge on any atom is -0.360 e. The molecule has 0 spiro atoms. The Morgan fingerprint density at radius 3 is 3.11 bits per heavy atom. The van der Waals surface area contributed by atoms with Crippen LogP contribution in [0.3, 0.4) is 0 Å². The lowest BCUT2D eigenvalue weighted by atomic mass is 10.2. The Bertz CT molecular complexity index is 604. The fourth-order valence-electron chi connectivity index (χ4n) is 2.25. The molecule has 0 saturated heterocycles. The molecule has 3 rings (SSSR count). The number of thiophene rings is 1. The number of nitrogens with zero attached hydrogens (tertiary/aromatic N) is 1. The number of hydrogen-bond acceptors (Lipinski definition) is 3. The number of carbonyl (C=O) groups is 1. The van der Waals surface area contributed by atoms with Crippen LogP contribution in [-0.2, 0) is 12.8 Å². The number of nitrogens with one attached hydrogen (secondary N) is 2. The maximum atomic E-state index is 12.0. The molecule has 2 N–H and O–H groups in total. The van der Waals surface area contributed by atoms with Crippen LogP contribution < -0.4 is 5.43 Å². The summed E-state index contributed by atoms with van der Waals surface area (Å²) in [6.45, 7) is 1.86. The highest BCUT2D eigenvalue weighted by Gasteiger charge is 2.18. The predicted molar refractivity (Wildman–Crippen MR) is 76.8 cm³/mol. The molecule has 0 fully saturated rings. The molecule has 5 heteroatoms. The van der Waals surface area contributed by atoms with Gasteiger partial charge in [0.15, 0.2) is 0 Å². The summed E-state index contributed by atoms with van der Waals surface area (Å²) in [4.78, 5) is 17.2. The average molecular weight is 273 g/mol. The Kier molecular flexibility index (Phi) is 3.21. The summed E-state index contributed by atoms with van der Waals surface area (Å²) in [5.41, 5.74) is 5.63. The number of carbonyl (C=O) groups excluding carboxylic acids is 1. The first kappa shape index (κ1) is 12.2. The van der Waals surface area contributed by atoms with Gasteiger partial charge < -0.3 is 4.98 Å². The van der Waals surface area contributed by atoms with E-state index in [-0.39, 0.29) is 5.91 Å². The maximum Gasteiger partial charge on any atom is 0.281 e. The summed E-state index contributed by atoms with van der Waals surface area (Å²) in [6.07, 6.45) is 5.26. The number of hydrogen-bond donors (Lipinski definition) is 2. The number of aromatic nitrogens is 1. The summed E-state index contributed by atoms with van der Waals surface area (Å²) in [5, 5.41) is 4.12. The van der Waals surface area contributed by atoms with Gasteiger partial charge >= 0.3 is 0 Å². The molecule has 98 valence electrons. The quantitative estimate of drug-likeness (QED) is 0.655. The highest BCUT2D eigenvalue weighted by molar-refractivity contribution is 7.14. The minimum atomic E-state index is -0.120. The Hall–Kier alpha value is -1.88. The standard InChI is InChI=1S/C14H15N3OS/c1-9(11-5-3-7-15-11)16-17-14(18)13-8-10-4-2-6-12(10)19-13/h3,5,7-8,15H,2,4,6H2,1H3,(H,17,18)/b16-9+. The molecule has 2 aromatic heterocycles. The molecule has 1 amide bonds. The van der Waals surface area contributed by atoms with Crippen molar-refractivity contribution >= 4 is 23.0 Å². The second kappa shape index (κ2) is 5.01. The molecule has 0 aromatic carbocycles. The molecular formula is C14H15N3OS. The van der Waals surface area contributed by atoms with Gasteiger partial charge in [0.2, 0.25) is 0 Å². The molecular weight excluding hydrogens is 258 g/mol. The Balaban J connectivity index is 1.69. The van der Waals surface area contributed by atoms with E-state index in [9.17, 15) is 4.79 Å². The van der Waals surface area contributed by atoms with Crippen LogP contribution in [0.15, 0.2) is 29.5 Å². The third kappa shape index (κ3) is 2.46. The zero-order valence-corrected chi connectivity index (χ0v) is 11.5. The van der Waals surface area contributed by atoms with Crippen molar-refractivity contribution in [1.29, 1.82) is 0 Å². The Labute approximate surface area is 115 Å². The monoisotopic (exact) mass is 273 g/mol. The largest absolute Gasteiger partial charge is 0.360 e. The number of aryl methyl sites for hydroxylation is 2. The average Bonchev–Trinajstić information content (AvgIpc) is 3.09. The number of fused-ring (bicyclic) bond motifs is 1. The Morgan fingerprint density at radius 1 is 1.47 bits per heavy atom. The van der Waals surface area contributed by atoms with Gasteiger partial charge in [-0.25, -0.2) is 5.43 Å². The van der Waals surface area contributed by atoms with Crippen molar-refractivity contribution in [3.05, 3.63) is 45.4 Å². The second-order valence-electron chi connectivity index (χ2n) is 4.63. The number of H-pyrrole nitrogens is 1. The fourth-order valence-corrected chi connectivity index (χ4v) is 3.39. The lowest BCUT2D eigenvalue weighted by Crippen LogP contribution is -2.18. The number of rotatable bonds is 3. The zero-order chi connectivity index (χ0) is 13.2. The van der Waals surface area contributed by atoms with Crippen LogP contribution in [0.5, 0.6) is 0 Å². The maximum absolute atomic E-state index is 12.0. The summed E-state index contributed by atoms with van der Waals surface area (Å²) < 4.78 is 0. The molecule has 0 atom stereocenters. The van der Waals surface area contributed by atoms with Crippen LogP contribution in [0.25, 0.3) is 0 Å². The van der Waals surface area contributed by atoms with Crippen LogP contribution in [0.1, 0.15) is 39.2 Å². The van der Waals surface area contributed by atoms with Crippen LogP contribution in [-0.4, -0.2) is 16.6 Å². The van der Waals surface area contributed by atoms with Gasteiger partial charge in [-0.2, -0.15) is 5.10 Å². The summed E-state index contributed by atoms with van der Waals surface area (Å²) >= 11 is 1.59. The lowest BCUT2D eigenvalue weighted by Gasteiger charge is -1.99. The van der Waals surface area contributed by atoms with Crippen molar-refractivity contribution in [2.45, 2.75) is 26.2 Å². The fraction of sp³-hybridized carbons (Fsp3) is 0.286. The van der Waals surface area contributed by atoms with Crippen molar-refractivity contribution in [2.24, 2.45) is 5.10 Å². The number of amides is 1. The molecule has 1 aliphatic rings. The molecule has 0 aliphatic heterocycles. The molecule has 4 nitrogen and oxygen atoms in total. The summed E-state index contributed by atoms with van der Waals surface area (Å²) in [7, 11) is 0. The second-order valence-corrected chi connectivity index (χ2v) is 5.77. The highest BCUT2D eigenvalue weighted by Crippen LogP contribution is 2.30. The minimum absolute atomic E-state index is 0.120. The van der Waals surface area contributed by atoms with Gasteiger partial charge in [-0.15, -0.1) is 11.3 Å². The molecule has 0 radical (unpaired) electrons. The first-order valence-corrected chi connectivity index (χ1v) is 7.15. The van der Waals surface area contributed by atoms with E-state index in [1.807, 2.05) is 31.3 Å². The third-order valence-electron chi connectivity index (χ3n) is 3.28. The van der Waals surface area contributed by atoms with Gasteiger partial charge in [0.25, 0.3) is 5.91 Å². The van der Waals surface area contributed by atoms with Gasteiger partial charge in [-0.3, -0.25) is 4.79 Å². The van der Waals surface area contributed by atoms with E-state index in [0.29, 0.717) is 0 Å². The molecule has 0 bridgehead atoms. The first-order chi connectivity index (χ1) is 9.24. The van der Waals surface area contributed by atoms with Crippen molar-refractivity contribution in [2.75, 3.05) is 0 Å². The lowest BCUT2D eigenvalue weighted by molar-refractivity contribution is 0.0959. The van der Waals surface area contributed by atoms with E-state index in [1.54, 1.807) is 11.3 Å². The molecule has 2 heterocycles. The van der Waals surface area contributed by atoms with Crippen LogP contribution >= 0.6 is 11.3 Å². The topological polar surface area (TPSA) is 57.2 Å². The van der Waals surface area contributed by atoms with Gasteiger partial charge in [0.1, 0.15) is 0 Å². The predicted octanol–water partition coefficient (Wildman–Crippen LogP) is 2.72. The molecule has 0 unspecified atom stereocenters. The SMILES string of the molecule is C/C(=N\NC(=O)c1cc2c(s1)CCC2)c1ccc[nH]1. The number of hydrazone groups is 1.